The van der Waals surface area contributed by atoms with Crippen molar-refractivity contribution in [1.82, 2.24) is 14.5 Å². The lowest BCUT2D eigenvalue weighted by molar-refractivity contribution is -0.143. The quantitative estimate of drug-likeness (QED) is 0.596. The van der Waals surface area contributed by atoms with Crippen LogP contribution in [0.5, 0.6) is 0 Å². The molecule has 0 bridgehead atoms. The van der Waals surface area contributed by atoms with Crippen LogP contribution in [-0.2, 0) is 33.8 Å². The van der Waals surface area contributed by atoms with Gasteiger partial charge in [-0.25, -0.2) is 9.78 Å². The second-order valence-electron chi connectivity index (χ2n) is 10.9. The topological polar surface area (TPSA) is 93.9 Å². The molecule has 0 unspecified atom stereocenters. The summed E-state index contributed by atoms with van der Waals surface area (Å²) >= 11 is 0. The lowest BCUT2D eigenvalue weighted by atomic mass is 9.81. The van der Waals surface area contributed by atoms with Gasteiger partial charge in [0.2, 0.25) is 0 Å². The molecule has 2 heterocycles. The summed E-state index contributed by atoms with van der Waals surface area (Å²) in [6, 6.07) is 4.39. The first-order valence-electron chi connectivity index (χ1n) is 13.6. The van der Waals surface area contributed by atoms with E-state index < -0.39 is 5.97 Å². The largest absolute Gasteiger partial charge is 0.481 e. The molecule has 8 nitrogen and oxygen atoms in total. The predicted molar refractivity (Wildman–Crippen MR) is 136 cm³/mol. The molecule has 1 aromatic heterocycles. The van der Waals surface area contributed by atoms with Crippen LogP contribution >= 0.6 is 0 Å². The number of ether oxygens (including phenoxy) is 2. The Hall–Kier alpha value is -2.61. The first-order chi connectivity index (χ1) is 17.5. The molecule has 1 amide bonds. The van der Waals surface area contributed by atoms with E-state index in [1.54, 1.807) is 4.90 Å². The lowest BCUT2D eigenvalue weighted by Gasteiger charge is -2.29. The van der Waals surface area contributed by atoms with E-state index in [2.05, 4.69) is 16.7 Å². The molecule has 1 aromatic carbocycles. The Morgan fingerprint density at radius 3 is 2.64 bits per heavy atom. The number of carbonyl (C=O) groups is 2. The maximum atomic E-state index is 12.3. The molecule has 196 valence electrons. The van der Waals surface area contributed by atoms with Crippen molar-refractivity contribution in [1.29, 1.82) is 0 Å². The van der Waals surface area contributed by atoms with Crippen molar-refractivity contribution >= 4 is 23.1 Å². The molecule has 2 saturated carbocycles. The number of methoxy groups -OCH3 is 2. The summed E-state index contributed by atoms with van der Waals surface area (Å²) in [5.41, 5.74) is 4.43. The van der Waals surface area contributed by atoms with Gasteiger partial charge in [0.1, 0.15) is 5.82 Å². The molecular weight excluding hydrogens is 458 g/mol. The van der Waals surface area contributed by atoms with Gasteiger partial charge >= 0.3 is 12.1 Å². The minimum absolute atomic E-state index is 0.146. The van der Waals surface area contributed by atoms with Gasteiger partial charge in [0.25, 0.3) is 0 Å². The Balaban J connectivity index is 1.47. The van der Waals surface area contributed by atoms with Gasteiger partial charge in [0.05, 0.1) is 36.7 Å². The van der Waals surface area contributed by atoms with Gasteiger partial charge in [-0.05, 0) is 75.3 Å². The molecule has 5 rings (SSSR count). The van der Waals surface area contributed by atoms with E-state index in [1.807, 2.05) is 7.11 Å². The number of fused-ring (bicyclic) bond motifs is 3. The molecule has 3 aliphatic rings. The fourth-order valence-corrected chi connectivity index (χ4v) is 6.69. The first kappa shape index (κ1) is 25.1. The number of benzene rings is 1. The number of amides is 1. The molecule has 1 N–H and O–H groups in total. The summed E-state index contributed by atoms with van der Waals surface area (Å²) in [6.45, 7) is 2.03. The molecule has 2 aliphatic carbocycles. The Morgan fingerprint density at radius 2 is 1.92 bits per heavy atom. The van der Waals surface area contributed by atoms with E-state index in [0.29, 0.717) is 31.5 Å². The van der Waals surface area contributed by atoms with Crippen molar-refractivity contribution in [3.05, 3.63) is 29.1 Å². The van der Waals surface area contributed by atoms with Crippen LogP contribution in [-0.4, -0.2) is 58.5 Å². The summed E-state index contributed by atoms with van der Waals surface area (Å²) < 4.78 is 12.9. The van der Waals surface area contributed by atoms with Crippen LogP contribution in [0, 0.1) is 11.8 Å². The third kappa shape index (κ3) is 4.97. The molecule has 8 heteroatoms. The number of hydrogen-bond acceptors (Lipinski definition) is 5. The standard InChI is InChI=1S/C28H39N3O5/c1-35-22-9-6-18(7-10-22)12-15-31-24-11-8-19-13-14-30(28(34)36-2)17-23(19)25(24)29-26(31)20-4-3-5-21(16-20)27(32)33/h8,11,18,20-22H,3-7,9-10,12-17H2,1-2H3,(H,32,33)/t18?,20-,21-,22?/m1/s1. The average molecular weight is 498 g/mol. The molecule has 36 heavy (non-hydrogen) atoms. The number of rotatable bonds is 6. The average Bonchev–Trinajstić information content (AvgIpc) is 3.30. The summed E-state index contributed by atoms with van der Waals surface area (Å²) in [5.74, 6) is 0.859. The van der Waals surface area contributed by atoms with Crippen molar-refractivity contribution < 1.29 is 24.2 Å². The van der Waals surface area contributed by atoms with Gasteiger partial charge in [-0.3, -0.25) is 4.79 Å². The van der Waals surface area contributed by atoms with E-state index >= 15 is 0 Å². The number of carbonyl (C=O) groups excluding carboxylic acids is 1. The summed E-state index contributed by atoms with van der Waals surface area (Å²) in [5, 5.41) is 9.70. The van der Waals surface area contributed by atoms with E-state index in [4.69, 9.17) is 14.5 Å². The summed E-state index contributed by atoms with van der Waals surface area (Å²) in [7, 11) is 3.23. The van der Waals surface area contributed by atoms with Crippen molar-refractivity contribution in [2.45, 2.75) is 89.3 Å². The summed E-state index contributed by atoms with van der Waals surface area (Å²) in [6.07, 6.45) is 9.88. The summed E-state index contributed by atoms with van der Waals surface area (Å²) in [4.78, 5) is 31.0. The molecule has 0 radical (unpaired) electrons. The maximum Gasteiger partial charge on any atom is 0.409 e. The van der Waals surface area contributed by atoms with E-state index in [-0.39, 0.29) is 17.9 Å². The Morgan fingerprint density at radius 1 is 1.11 bits per heavy atom. The van der Waals surface area contributed by atoms with Crippen LogP contribution in [0.25, 0.3) is 11.0 Å². The number of aryl methyl sites for hydroxylation is 1. The molecule has 2 fully saturated rings. The van der Waals surface area contributed by atoms with Crippen molar-refractivity contribution in [2.75, 3.05) is 20.8 Å². The second kappa shape index (κ2) is 10.8. The number of carboxylic acids is 1. The van der Waals surface area contributed by atoms with Crippen LogP contribution in [0.2, 0.25) is 0 Å². The van der Waals surface area contributed by atoms with Crippen LogP contribution in [0.4, 0.5) is 4.79 Å². The number of aromatic nitrogens is 2. The van der Waals surface area contributed by atoms with Gasteiger partial charge < -0.3 is 24.0 Å². The van der Waals surface area contributed by atoms with Gasteiger partial charge in [-0.1, -0.05) is 12.5 Å². The third-order valence-corrected chi connectivity index (χ3v) is 8.86. The number of carboxylic acid groups (broad SMARTS) is 1. The minimum Gasteiger partial charge on any atom is -0.481 e. The smallest absolute Gasteiger partial charge is 0.409 e. The highest BCUT2D eigenvalue weighted by atomic mass is 16.5. The van der Waals surface area contributed by atoms with Gasteiger partial charge in [-0.2, -0.15) is 0 Å². The highest BCUT2D eigenvalue weighted by Gasteiger charge is 2.33. The predicted octanol–water partition coefficient (Wildman–Crippen LogP) is 5.11. The Kier molecular flexibility index (Phi) is 7.51. The van der Waals surface area contributed by atoms with Gasteiger partial charge in [-0.15, -0.1) is 0 Å². The zero-order valence-electron chi connectivity index (χ0n) is 21.6. The van der Waals surface area contributed by atoms with Crippen LogP contribution in [0.3, 0.4) is 0 Å². The van der Waals surface area contributed by atoms with Gasteiger partial charge in [0.15, 0.2) is 0 Å². The molecule has 2 atom stereocenters. The maximum absolute atomic E-state index is 12.3. The Labute approximate surface area is 213 Å². The SMILES string of the molecule is COC(=O)N1CCc2ccc3c(nc([C@@H]4CCC[C@@H](C(=O)O)C4)n3CCC3CCC(OC)CC3)c2C1. The number of aliphatic carboxylic acids is 1. The van der Waals surface area contributed by atoms with Crippen molar-refractivity contribution in [3.8, 4) is 0 Å². The highest BCUT2D eigenvalue weighted by Crippen LogP contribution is 2.39. The van der Waals surface area contributed by atoms with E-state index in [1.165, 1.54) is 25.5 Å². The second-order valence-corrected chi connectivity index (χ2v) is 10.9. The molecular formula is C28H39N3O5. The number of nitrogens with zero attached hydrogens (tertiary/aromatic N) is 3. The fourth-order valence-electron chi connectivity index (χ4n) is 6.69. The molecule has 2 aromatic rings. The number of hydrogen-bond donors (Lipinski definition) is 1. The monoisotopic (exact) mass is 497 g/mol. The Bertz CT molecular complexity index is 1100. The molecule has 0 spiro atoms. The highest BCUT2D eigenvalue weighted by molar-refractivity contribution is 5.82. The number of imidazole rings is 1. The van der Waals surface area contributed by atoms with Gasteiger partial charge in [0, 0.05) is 31.7 Å². The zero-order valence-corrected chi connectivity index (χ0v) is 21.6. The van der Waals surface area contributed by atoms with Crippen molar-refractivity contribution in [3.63, 3.8) is 0 Å². The normalized spacial score (nSPS) is 26.6. The van der Waals surface area contributed by atoms with E-state index in [0.717, 1.165) is 73.9 Å². The minimum atomic E-state index is -0.691. The molecule has 1 aliphatic heterocycles. The van der Waals surface area contributed by atoms with Crippen molar-refractivity contribution in [2.24, 2.45) is 11.8 Å². The zero-order chi connectivity index (χ0) is 25.2. The van der Waals surface area contributed by atoms with Crippen LogP contribution in [0.1, 0.15) is 80.7 Å². The first-order valence-corrected chi connectivity index (χ1v) is 13.6. The third-order valence-electron chi connectivity index (χ3n) is 8.86. The fraction of sp³-hybridized carbons (Fsp3) is 0.679. The molecule has 0 saturated heterocycles. The van der Waals surface area contributed by atoms with E-state index in [9.17, 15) is 14.7 Å². The lowest BCUT2D eigenvalue weighted by Crippen LogP contribution is -2.35. The van der Waals surface area contributed by atoms with Crippen LogP contribution < -0.4 is 0 Å². The van der Waals surface area contributed by atoms with Crippen LogP contribution in [0.15, 0.2) is 12.1 Å².